The molecule has 10 heteroatoms. The van der Waals surface area contributed by atoms with Gasteiger partial charge in [-0.15, -0.1) is 0 Å². The summed E-state index contributed by atoms with van der Waals surface area (Å²) in [6.07, 6.45) is 0. The summed E-state index contributed by atoms with van der Waals surface area (Å²) < 4.78 is 0. The van der Waals surface area contributed by atoms with Gasteiger partial charge in [0.1, 0.15) is 30.3 Å². The molecular weight excluding hydrogens is 717 g/mol. The first-order chi connectivity index (χ1) is 28.4. The third kappa shape index (κ3) is 5.57. The number of nitriles is 10. The van der Waals surface area contributed by atoms with Crippen LogP contribution in [-0.4, -0.2) is 0 Å². The SMILES string of the molecule is N#CC1=C(c2ccccc2)/C(=C(/C#N)c2cc(C#N)cc(C#N)c2)c2c(C#N)c3c(c(C#N)c21)C(C(C#N)c1cc(C#N)cc(C#N)c1)C(c1ccccc1)=C3C#N. The Balaban J connectivity index is 1.73. The summed E-state index contributed by atoms with van der Waals surface area (Å²) in [6, 6.07) is 47.3. The molecule has 260 valence electrons. The maximum absolute atomic E-state index is 11.3. The van der Waals surface area contributed by atoms with E-state index in [1.165, 1.54) is 36.4 Å². The fraction of sp³-hybridized carbons (Fsp3) is 0.0417. The number of benzene rings is 5. The molecule has 10 nitrogen and oxygen atoms in total. The minimum Gasteiger partial charge on any atom is -0.198 e. The average molecular weight is 735 g/mol. The standard InChI is InChI=1S/C48H18N10/c49-17-27-11-28(18-50)14-33(13-27)35(21-53)45-41(31-7-3-1-4-8-31)37(23-55)43-39(25-57)48-44(40(26-58)47(43)45)38(24-56)42(32-9-5-2-6-10-32)46(48)36(22-54)34-15-29(19-51)12-30(16-34)20-52/h1-16,35,45H/b46-36+. The number of hydrogen-bond acceptors (Lipinski definition) is 10. The largest absolute Gasteiger partial charge is 0.198 e. The molecule has 0 radical (unpaired) electrons. The first kappa shape index (κ1) is 36.6. The Morgan fingerprint density at radius 2 is 1.00 bits per heavy atom. The van der Waals surface area contributed by atoms with E-state index in [9.17, 15) is 52.6 Å². The summed E-state index contributed by atoms with van der Waals surface area (Å²) in [7, 11) is 0. The summed E-state index contributed by atoms with van der Waals surface area (Å²) in [6.45, 7) is 0. The van der Waals surface area contributed by atoms with Gasteiger partial charge in [-0.1, -0.05) is 60.7 Å². The molecule has 2 unspecified atom stereocenters. The Labute approximate surface area is 332 Å². The van der Waals surface area contributed by atoms with Crippen LogP contribution in [0.25, 0.3) is 33.4 Å². The minimum atomic E-state index is -1.23. The van der Waals surface area contributed by atoms with E-state index in [1.54, 1.807) is 60.7 Å². The van der Waals surface area contributed by atoms with E-state index < -0.39 is 11.8 Å². The second-order valence-corrected chi connectivity index (χ2v) is 13.0. The van der Waals surface area contributed by atoms with Crippen LogP contribution in [0.5, 0.6) is 0 Å². The number of nitrogens with zero attached hydrogens (tertiary/aromatic N) is 10. The van der Waals surface area contributed by atoms with Gasteiger partial charge in [0.15, 0.2) is 0 Å². The third-order valence-corrected chi connectivity index (χ3v) is 10.2. The molecule has 0 N–H and O–H groups in total. The molecule has 0 saturated carbocycles. The van der Waals surface area contributed by atoms with E-state index in [0.29, 0.717) is 16.7 Å². The molecule has 0 aliphatic heterocycles. The Hall–Kier alpha value is -9.78. The molecule has 2 aliphatic rings. The Morgan fingerprint density at radius 1 is 0.483 bits per heavy atom. The smallest absolute Gasteiger partial charge is 0.100 e. The van der Waals surface area contributed by atoms with Gasteiger partial charge in [-0.25, -0.2) is 0 Å². The summed E-state index contributed by atoms with van der Waals surface area (Å²) >= 11 is 0. The summed E-state index contributed by atoms with van der Waals surface area (Å²) in [5.41, 5.74) is 2.02. The van der Waals surface area contributed by atoms with Crippen LogP contribution in [0.4, 0.5) is 0 Å². The highest BCUT2D eigenvalue weighted by molar-refractivity contribution is 6.32. The lowest BCUT2D eigenvalue weighted by Crippen LogP contribution is -2.14. The van der Waals surface area contributed by atoms with Crippen LogP contribution in [-0.2, 0) is 0 Å². The maximum Gasteiger partial charge on any atom is 0.100 e. The zero-order valence-electron chi connectivity index (χ0n) is 29.9. The molecule has 2 atom stereocenters. The van der Waals surface area contributed by atoms with Gasteiger partial charge in [-0.05, 0) is 69.8 Å². The first-order valence-corrected chi connectivity index (χ1v) is 17.3. The van der Waals surface area contributed by atoms with Gasteiger partial charge in [0, 0.05) is 33.8 Å². The summed E-state index contributed by atoms with van der Waals surface area (Å²) in [5.74, 6) is -2.37. The van der Waals surface area contributed by atoms with Crippen molar-refractivity contribution in [3.8, 4) is 60.7 Å². The zero-order valence-corrected chi connectivity index (χ0v) is 29.9. The quantitative estimate of drug-likeness (QED) is 0.156. The Kier molecular flexibility index (Phi) is 9.41. The molecule has 2 aliphatic carbocycles. The van der Waals surface area contributed by atoms with Crippen LogP contribution < -0.4 is 0 Å². The molecule has 0 heterocycles. The monoisotopic (exact) mass is 734 g/mol. The van der Waals surface area contributed by atoms with Crippen molar-refractivity contribution < 1.29 is 0 Å². The van der Waals surface area contributed by atoms with Gasteiger partial charge < -0.3 is 0 Å². The molecule has 5 aromatic carbocycles. The molecule has 58 heavy (non-hydrogen) atoms. The van der Waals surface area contributed by atoms with Gasteiger partial charge in [-0.2, -0.15) is 52.6 Å². The predicted octanol–water partition coefficient (Wildman–Crippen LogP) is 8.64. The van der Waals surface area contributed by atoms with E-state index in [-0.39, 0.29) is 94.6 Å². The molecular formula is C48H18N10. The highest BCUT2D eigenvalue weighted by atomic mass is 14.5. The van der Waals surface area contributed by atoms with E-state index >= 15 is 0 Å². The van der Waals surface area contributed by atoms with Crippen LogP contribution in [0, 0.1) is 113 Å². The number of fused-ring (bicyclic) bond motifs is 2. The third-order valence-electron chi connectivity index (χ3n) is 10.2. The van der Waals surface area contributed by atoms with Crippen molar-refractivity contribution in [2.24, 2.45) is 0 Å². The molecule has 0 amide bonds. The maximum atomic E-state index is 11.3. The lowest BCUT2D eigenvalue weighted by Gasteiger charge is -2.25. The van der Waals surface area contributed by atoms with Gasteiger partial charge in [-0.3, -0.25) is 0 Å². The molecule has 5 aromatic rings. The molecule has 7 rings (SSSR count). The molecule has 0 saturated heterocycles. The molecule has 0 spiro atoms. The summed E-state index contributed by atoms with van der Waals surface area (Å²) in [4.78, 5) is 0. The number of allylic oxidation sites excluding steroid dienone is 6. The zero-order chi connectivity index (χ0) is 41.1. The van der Waals surface area contributed by atoms with Gasteiger partial charge in [0.25, 0.3) is 0 Å². The van der Waals surface area contributed by atoms with Crippen molar-refractivity contribution in [3.63, 3.8) is 0 Å². The topological polar surface area (TPSA) is 238 Å². The Bertz CT molecular complexity index is 3160. The fourth-order valence-corrected chi connectivity index (χ4v) is 7.99. The molecule has 0 aromatic heterocycles. The highest BCUT2D eigenvalue weighted by Gasteiger charge is 2.47. The lowest BCUT2D eigenvalue weighted by atomic mass is 9.74. The van der Waals surface area contributed by atoms with Crippen molar-refractivity contribution in [3.05, 3.63) is 175 Å². The van der Waals surface area contributed by atoms with Crippen LogP contribution in [0.3, 0.4) is 0 Å². The second kappa shape index (κ2) is 14.9. The van der Waals surface area contributed by atoms with Crippen LogP contribution in [0.15, 0.2) is 97.1 Å². The average Bonchev–Trinajstić information content (AvgIpc) is 3.79. The summed E-state index contributed by atoms with van der Waals surface area (Å²) in [5, 5.41) is 106. The predicted molar refractivity (Wildman–Crippen MR) is 209 cm³/mol. The van der Waals surface area contributed by atoms with Gasteiger partial charge in [0.05, 0.1) is 86.4 Å². The van der Waals surface area contributed by atoms with E-state index in [0.717, 1.165) is 0 Å². The van der Waals surface area contributed by atoms with Crippen LogP contribution >= 0.6 is 0 Å². The van der Waals surface area contributed by atoms with Crippen molar-refractivity contribution in [2.75, 3.05) is 0 Å². The second-order valence-electron chi connectivity index (χ2n) is 13.0. The molecule has 0 fully saturated rings. The lowest BCUT2D eigenvalue weighted by molar-refractivity contribution is 0.770. The van der Waals surface area contributed by atoms with E-state index in [1.807, 2.05) is 24.3 Å². The van der Waals surface area contributed by atoms with Crippen molar-refractivity contribution in [1.82, 2.24) is 0 Å². The number of rotatable bonds is 5. The Morgan fingerprint density at radius 3 is 1.47 bits per heavy atom. The normalized spacial score (nSPS) is 14.6. The first-order valence-electron chi connectivity index (χ1n) is 17.3. The molecule has 0 bridgehead atoms. The van der Waals surface area contributed by atoms with E-state index in [2.05, 4.69) is 36.4 Å². The van der Waals surface area contributed by atoms with E-state index in [4.69, 9.17) is 0 Å². The van der Waals surface area contributed by atoms with Crippen molar-refractivity contribution >= 4 is 33.4 Å². The van der Waals surface area contributed by atoms with Crippen molar-refractivity contribution in [1.29, 1.82) is 52.6 Å². The van der Waals surface area contributed by atoms with Gasteiger partial charge in [0.2, 0.25) is 0 Å². The van der Waals surface area contributed by atoms with Crippen molar-refractivity contribution in [2.45, 2.75) is 11.8 Å². The number of hydrogen-bond donors (Lipinski definition) is 0. The fourth-order valence-electron chi connectivity index (χ4n) is 7.99. The van der Waals surface area contributed by atoms with Crippen LogP contribution in [0.1, 0.15) is 89.7 Å². The minimum absolute atomic E-state index is 0.00984. The highest BCUT2D eigenvalue weighted by Crippen LogP contribution is 2.60. The van der Waals surface area contributed by atoms with Gasteiger partial charge >= 0.3 is 0 Å². The van der Waals surface area contributed by atoms with Crippen LogP contribution in [0.2, 0.25) is 0 Å².